The fraction of sp³-hybridized carbons (Fsp3) is 0.333. The third kappa shape index (κ3) is 1.97. The van der Waals surface area contributed by atoms with Crippen molar-refractivity contribution < 1.29 is 14.3 Å². The molecule has 1 fully saturated rings. The van der Waals surface area contributed by atoms with Gasteiger partial charge in [0.15, 0.2) is 0 Å². The highest BCUT2D eigenvalue weighted by atomic mass is 16.5. The van der Waals surface area contributed by atoms with Crippen molar-refractivity contribution in [2.45, 2.75) is 13.0 Å². The van der Waals surface area contributed by atoms with Gasteiger partial charge in [0.25, 0.3) is 11.8 Å². The summed E-state index contributed by atoms with van der Waals surface area (Å²) in [5.41, 5.74) is 0.532. The van der Waals surface area contributed by atoms with Gasteiger partial charge in [-0.15, -0.1) is 0 Å². The van der Waals surface area contributed by atoms with Gasteiger partial charge < -0.3 is 4.74 Å². The molecule has 84 valence electrons. The molecule has 1 saturated heterocycles. The van der Waals surface area contributed by atoms with Gasteiger partial charge in [-0.25, -0.2) is 0 Å². The monoisotopic (exact) mass is 219 g/mol. The first-order chi connectivity index (χ1) is 7.70. The van der Waals surface area contributed by atoms with Crippen molar-refractivity contribution in [3.63, 3.8) is 0 Å². The summed E-state index contributed by atoms with van der Waals surface area (Å²) < 4.78 is 5.16. The van der Waals surface area contributed by atoms with Gasteiger partial charge in [0.2, 0.25) is 0 Å². The van der Waals surface area contributed by atoms with E-state index in [2.05, 4.69) is 0 Å². The van der Waals surface area contributed by atoms with E-state index in [1.54, 1.807) is 31.2 Å². The number of imide groups is 1. The zero-order valence-corrected chi connectivity index (χ0v) is 9.05. The number of nitrogens with zero attached hydrogens (tertiary/aromatic N) is 1. The lowest BCUT2D eigenvalue weighted by Gasteiger charge is -2.29. The Bertz CT molecular complexity index is 402. The summed E-state index contributed by atoms with van der Waals surface area (Å²) in [5, 5.41) is 0. The molecule has 2 amide bonds. The number of carbonyl (C=O) groups excluding carboxylic acids is 2. The van der Waals surface area contributed by atoms with E-state index >= 15 is 0 Å². The van der Waals surface area contributed by atoms with E-state index in [9.17, 15) is 9.59 Å². The molecular weight excluding hydrogens is 206 g/mol. The van der Waals surface area contributed by atoms with E-state index in [1.165, 1.54) is 4.90 Å². The topological polar surface area (TPSA) is 46.6 Å². The molecule has 1 aliphatic rings. The first-order valence-corrected chi connectivity index (χ1v) is 5.22. The summed E-state index contributed by atoms with van der Waals surface area (Å²) in [6, 6.07) is 8.80. The normalized spacial score (nSPS) is 20.9. The standard InChI is InChI=1S/C12H13NO3/c1-9-11(14)13(7-8-16-9)12(15)10-5-3-2-4-6-10/h2-6,9H,7-8H2,1H3. The molecule has 4 heteroatoms. The van der Waals surface area contributed by atoms with Crippen LogP contribution in [0.25, 0.3) is 0 Å². The molecule has 0 radical (unpaired) electrons. The average molecular weight is 219 g/mol. The minimum atomic E-state index is -0.526. The Balaban J connectivity index is 2.19. The highest BCUT2D eigenvalue weighted by Crippen LogP contribution is 2.11. The molecule has 0 aromatic heterocycles. The maximum absolute atomic E-state index is 12.0. The molecule has 1 atom stereocenters. The first kappa shape index (κ1) is 10.8. The highest BCUT2D eigenvalue weighted by molar-refractivity contribution is 6.06. The van der Waals surface area contributed by atoms with Crippen LogP contribution in [0.2, 0.25) is 0 Å². The maximum atomic E-state index is 12.0. The van der Waals surface area contributed by atoms with Crippen LogP contribution in [0.5, 0.6) is 0 Å². The van der Waals surface area contributed by atoms with Crippen LogP contribution in [-0.2, 0) is 9.53 Å². The minimum absolute atomic E-state index is 0.249. The van der Waals surface area contributed by atoms with Gasteiger partial charge in [0.1, 0.15) is 6.10 Å². The Morgan fingerprint density at radius 3 is 2.75 bits per heavy atom. The lowest BCUT2D eigenvalue weighted by Crippen LogP contribution is -2.49. The summed E-state index contributed by atoms with van der Waals surface area (Å²) in [6.45, 7) is 2.40. The zero-order chi connectivity index (χ0) is 11.5. The van der Waals surface area contributed by atoms with E-state index in [0.717, 1.165) is 0 Å². The van der Waals surface area contributed by atoms with Gasteiger partial charge >= 0.3 is 0 Å². The number of rotatable bonds is 1. The molecule has 1 heterocycles. The number of benzene rings is 1. The predicted molar refractivity (Wildman–Crippen MR) is 57.9 cm³/mol. The Morgan fingerprint density at radius 1 is 1.38 bits per heavy atom. The van der Waals surface area contributed by atoms with E-state index in [1.807, 2.05) is 6.07 Å². The molecule has 0 N–H and O–H groups in total. The molecule has 0 aliphatic carbocycles. The first-order valence-electron chi connectivity index (χ1n) is 5.22. The number of morpholine rings is 1. The van der Waals surface area contributed by atoms with E-state index in [4.69, 9.17) is 4.74 Å². The van der Waals surface area contributed by atoms with Crippen LogP contribution in [-0.4, -0.2) is 36.0 Å². The van der Waals surface area contributed by atoms with Gasteiger partial charge in [-0.2, -0.15) is 0 Å². The van der Waals surface area contributed by atoms with Crippen LogP contribution in [0.3, 0.4) is 0 Å². The lowest BCUT2D eigenvalue weighted by atomic mass is 10.1. The quantitative estimate of drug-likeness (QED) is 0.664. The molecule has 1 aromatic rings. The van der Waals surface area contributed by atoms with E-state index in [0.29, 0.717) is 18.7 Å². The largest absolute Gasteiger partial charge is 0.367 e. The van der Waals surface area contributed by atoms with Gasteiger partial charge in [0, 0.05) is 5.56 Å². The number of amides is 2. The SMILES string of the molecule is CC1OCCN(C(=O)c2ccccc2)C1=O. The molecule has 0 bridgehead atoms. The second kappa shape index (κ2) is 4.45. The second-order valence-corrected chi connectivity index (χ2v) is 3.67. The summed E-state index contributed by atoms with van der Waals surface area (Å²) in [5.74, 6) is -0.513. The summed E-state index contributed by atoms with van der Waals surface area (Å²) >= 11 is 0. The van der Waals surface area contributed by atoms with Gasteiger partial charge in [-0.3, -0.25) is 14.5 Å². The summed E-state index contributed by atoms with van der Waals surface area (Å²) in [4.78, 5) is 25.0. The van der Waals surface area contributed by atoms with Crippen molar-refractivity contribution in [1.29, 1.82) is 0 Å². The number of ether oxygens (including phenoxy) is 1. The van der Waals surface area contributed by atoms with Crippen molar-refractivity contribution in [2.24, 2.45) is 0 Å². The van der Waals surface area contributed by atoms with Gasteiger partial charge in [0.05, 0.1) is 13.2 Å². The van der Waals surface area contributed by atoms with Crippen molar-refractivity contribution in [3.05, 3.63) is 35.9 Å². The van der Waals surface area contributed by atoms with Crippen LogP contribution in [0, 0.1) is 0 Å². The molecule has 4 nitrogen and oxygen atoms in total. The fourth-order valence-electron chi connectivity index (χ4n) is 1.66. The molecule has 2 rings (SSSR count). The molecular formula is C12H13NO3. The number of hydrogen-bond donors (Lipinski definition) is 0. The smallest absolute Gasteiger partial charge is 0.260 e. The molecule has 1 unspecified atom stereocenters. The molecule has 16 heavy (non-hydrogen) atoms. The predicted octanol–water partition coefficient (Wildman–Crippen LogP) is 1.07. The molecule has 0 spiro atoms. The molecule has 1 aliphatic heterocycles. The second-order valence-electron chi connectivity index (χ2n) is 3.67. The number of carbonyl (C=O) groups is 2. The van der Waals surface area contributed by atoms with Crippen LogP contribution in [0.1, 0.15) is 17.3 Å². The Kier molecular flexibility index (Phi) is 3.01. The van der Waals surface area contributed by atoms with Crippen LogP contribution in [0.15, 0.2) is 30.3 Å². The van der Waals surface area contributed by atoms with Crippen LogP contribution < -0.4 is 0 Å². The molecule has 1 aromatic carbocycles. The molecule has 0 saturated carbocycles. The Hall–Kier alpha value is -1.68. The Morgan fingerprint density at radius 2 is 2.06 bits per heavy atom. The third-order valence-corrected chi connectivity index (χ3v) is 2.56. The van der Waals surface area contributed by atoms with Crippen molar-refractivity contribution >= 4 is 11.8 Å². The lowest BCUT2D eigenvalue weighted by molar-refractivity contribution is -0.147. The minimum Gasteiger partial charge on any atom is -0.367 e. The fourth-order valence-corrected chi connectivity index (χ4v) is 1.66. The zero-order valence-electron chi connectivity index (χ0n) is 9.05. The highest BCUT2D eigenvalue weighted by Gasteiger charge is 2.30. The van der Waals surface area contributed by atoms with Crippen molar-refractivity contribution in [2.75, 3.05) is 13.2 Å². The Labute approximate surface area is 93.8 Å². The average Bonchev–Trinajstić information content (AvgIpc) is 2.33. The summed E-state index contributed by atoms with van der Waals surface area (Å²) in [6.07, 6.45) is -0.526. The van der Waals surface area contributed by atoms with Crippen molar-refractivity contribution in [1.82, 2.24) is 4.90 Å². The maximum Gasteiger partial charge on any atom is 0.260 e. The number of hydrogen-bond acceptors (Lipinski definition) is 3. The van der Waals surface area contributed by atoms with E-state index < -0.39 is 6.10 Å². The summed E-state index contributed by atoms with van der Waals surface area (Å²) in [7, 11) is 0. The third-order valence-electron chi connectivity index (χ3n) is 2.56. The van der Waals surface area contributed by atoms with Crippen molar-refractivity contribution in [3.8, 4) is 0 Å². The van der Waals surface area contributed by atoms with Gasteiger partial charge in [-0.05, 0) is 19.1 Å². The van der Waals surface area contributed by atoms with Gasteiger partial charge in [-0.1, -0.05) is 18.2 Å². The van der Waals surface area contributed by atoms with Crippen LogP contribution >= 0.6 is 0 Å². The van der Waals surface area contributed by atoms with E-state index in [-0.39, 0.29) is 11.8 Å². The van der Waals surface area contributed by atoms with Crippen LogP contribution in [0.4, 0.5) is 0 Å².